The molecule has 0 spiro atoms. The summed E-state index contributed by atoms with van der Waals surface area (Å²) < 4.78 is 5.63. The molecule has 4 nitrogen and oxygen atoms in total. The number of hydrogen-bond acceptors (Lipinski definition) is 3. The third kappa shape index (κ3) is 2.34. The van der Waals surface area contributed by atoms with E-state index in [-0.39, 0.29) is 24.2 Å². The highest BCUT2D eigenvalue weighted by Crippen LogP contribution is 2.30. The zero-order valence-electron chi connectivity index (χ0n) is 12.1. The molecule has 1 N–H and O–H groups in total. The van der Waals surface area contributed by atoms with Gasteiger partial charge in [-0.15, -0.1) is 0 Å². The molecule has 1 amide bonds. The molecule has 2 aliphatic heterocycles. The number of hydrogen-bond donors (Lipinski definition) is 1. The number of benzene rings is 1. The van der Waals surface area contributed by atoms with E-state index in [9.17, 15) is 4.79 Å². The minimum absolute atomic E-state index is 0.0115. The van der Waals surface area contributed by atoms with Crippen molar-refractivity contribution in [2.75, 3.05) is 13.2 Å². The maximum atomic E-state index is 12.2. The van der Waals surface area contributed by atoms with Crippen molar-refractivity contribution in [2.45, 2.75) is 45.0 Å². The maximum absolute atomic E-state index is 12.2. The Kier molecular flexibility index (Phi) is 3.76. The molecule has 1 aromatic rings. The highest BCUT2D eigenvalue weighted by Gasteiger charge is 2.41. The van der Waals surface area contributed by atoms with Crippen LogP contribution in [0, 0.1) is 0 Å². The van der Waals surface area contributed by atoms with Gasteiger partial charge in [-0.1, -0.05) is 31.2 Å². The molecule has 0 radical (unpaired) electrons. The summed E-state index contributed by atoms with van der Waals surface area (Å²) in [6.45, 7) is 5.37. The summed E-state index contributed by atoms with van der Waals surface area (Å²) in [5, 5.41) is 3.33. The van der Waals surface area contributed by atoms with Gasteiger partial charge in [0.05, 0.1) is 18.7 Å². The molecule has 3 unspecified atom stereocenters. The number of nitrogens with zero attached hydrogens (tertiary/aromatic N) is 1. The molecule has 2 saturated heterocycles. The summed E-state index contributed by atoms with van der Waals surface area (Å²) in [5.74, 6) is 0.178. The normalized spacial score (nSPS) is 30.2. The van der Waals surface area contributed by atoms with Crippen LogP contribution in [0.5, 0.6) is 0 Å². The van der Waals surface area contributed by atoms with E-state index in [1.807, 2.05) is 4.90 Å². The van der Waals surface area contributed by atoms with Crippen LogP contribution in [0.4, 0.5) is 0 Å². The molecule has 1 aromatic carbocycles. The summed E-state index contributed by atoms with van der Waals surface area (Å²) in [4.78, 5) is 14.2. The van der Waals surface area contributed by atoms with Gasteiger partial charge >= 0.3 is 0 Å². The minimum atomic E-state index is -0.0115. The average Bonchev–Trinajstić information content (AvgIpc) is 3.04. The van der Waals surface area contributed by atoms with E-state index < -0.39 is 0 Å². The van der Waals surface area contributed by atoms with E-state index in [4.69, 9.17) is 4.74 Å². The molecule has 4 heteroatoms. The van der Waals surface area contributed by atoms with Crippen molar-refractivity contribution in [1.29, 1.82) is 0 Å². The standard InChI is InChI=1S/C16H22N2O2/c1-3-12-4-6-13(7-5-12)16-17-10-15(19)18(16)14-8-9-20-11(14)2/h4-7,11,14,16-17H,3,8-10H2,1-2H3. The second-order valence-electron chi connectivity index (χ2n) is 5.61. The second kappa shape index (κ2) is 5.54. The minimum Gasteiger partial charge on any atom is -0.376 e. The Morgan fingerprint density at radius 2 is 2.10 bits per heavy atom. The molecule has 3 rings (SSSR count). The molecule has 2 heterocycles. The fourth-order valence-electron chi connectivity index (χ4n) is 3.19. The predicted molar refractivity (Wildman–Crippen MR) is 77.2 cm³/mol. The van der Waals surface area contributed by atoms with Gasteiger partial charge < -0.3 is 9.64 Å². The van der Waals surface area contributed by atoms with Gasteiger partial charge in [0.2, 0.25) is 5.91 Å². The molecule has 0 aromatic heterocycles. The highest BCUT2D eigenvalue weighted by molar-refractivity contribution is 5.81. The summed E-state index contributed by atoms with van der Waals surface area (Å²) >= 11 is 0. The van der Waals surface area contributed by atoms with Gasteiger partial charge in [0.25, 0.3) is 0 Å². The fraction of sp³-hybridized carbons (Fsp3) is 0.562. The maximum Gasteiger partial charge on any atom is 0.238 e. The molecular weight excluding hydrogens is 252 g/mol. The molecule has 0 bridgehead atoms. The first-order chi connectivity index (χ1) is 9.70. The summed E-state index contributed by atoms with van der Waals surface area (Å²) in [7, 11) is 0. The van der Waals surface area contributed by atoms with Gasteiger partial charge in [-0.25, -0.2) is 0 Å². The number of carbonyl (C=O) groups is 1. The third-order valence-electron chi connectivity index (χ3n) is 4.41. The average molecular weight is 274 g/mol. The Morgan fingerprint density at radius 3 is 2.70 bits per heavy atom. The van der Waals surface area contributed by atoms with Crippen molar-refractivity contribution in [1.82, 2.24) is 10.2 Å². The molecule has 108 valence electrons. The lowest BCUT2D eigenvalue weighted by atomic mass is 10.0. The number of rotatable bonds is 3. The molecule has 0 aliphatic carbocycles. The first-order valence-electron chi connectivity index (χ1n) is 7.45. The van der Waals surface area contributed by atoms with Gasteiger partial charge in [-0.3, -0.25) is 10.1 Å². The summed E-state index contributed by atoms with van der Waals surface area (Å²) in [5.41, 5.74) is 2.48. The quantitative estimate of drug-likeness (QED) is 0.914. The van der Waals surface area contributed by atoms with E-state index in [0.29, 0.717) is 6.54 Å². The zero-order chi connectivity index (χ0) is 14.1. The van der Waals surface area contributed by atoms with E-state index in [1.165, 1.54) is 5.56 Å². The predicted octanol–water partition coefficient (Wildman–Crippen LogP) is 1.86. The van der Waals surface area contributed by atoms with Crippen molar-refractivity contribution in [3.8, 4) is 0 Å². The molecule has 0 saturated carbocycles. The first kappa shape index (κ1) is 13.6. The zero-order valence-corrected chi connectivity index (χ0v) is 12.1. The van der Waals surface area contributed by atoms with Crippen LogP contribution in [0.1, 0.15) is 37.6 Å². The van der Waals surface area contributed by atoms with Gasteiger partial charge in [0.15, 0.2) is 0 Å². The molecule has 2 fully saturated rings. The van der Waals surface area contributed by atoms with Crippen LogP contribution in [-0.2, 0) is 16.0 Å². The van der Waals surface area contributed by atoms with Crippen LogP contribution in [0.15, 0.2) is 24.3 Å². The smallest absolute Gasteiger partial charge is 0.238 e. The Morgan fingerprint density at radius 1 is 1.35 bits per heavy atom. The van der Waals surface area contributed by atoms with Gasteiger partial charge in [-0.05, 0) is 30.9 Å². The summed E-state index contributed by atoms with van der Waals surface area (Å²) in [6, 6.07) is 8.73. The van der Waals surface area contributed by atoms with Gasteiger partial charge in [-0.2, -0.15) is 0 Å². The lowest BCUT2D eigenvalue weighted by molar-refractivity contribution is -0.131. The van der Waals surface area contributed by atoms with Crippen LogP contribution >= 0.6 is 0 Å². The van der Waals surface area contributed by atoms with Crippen molar-refractivity contribution >= 4 is 5.91 Å². The Balaban J connectivity index is 1.85. The Hall–Kier alpha value is -1.39. The largest absolute Gasteiger partial charge is 0.376 e. The number of carbonyl (C=O) groups excluding carboxylic acids is 1. The fourth-order valence-corrected chi connectivity index (χ4v) is 3.19. The molecule has 20 heavy (non-hydrogen) atoms. The van der Waals surface area contributed by atoms with Crippen molar-refractivity contribution in [2.24, 2.45) is 0 Å². The van der Waals surface area contributed by atoms with Gasteiger partial charge in [0.1, 0.15) is 6.17 Å². The number of ether oxygens (including phenoxy) is 1. The number of nitrogens with one attached hydrogen (secondary N) is 1. The second-order valence-corrected chi connectivity index (χ2v) is 5.61. The molecular formula is C16H22N2O2. The van der Waals surface area contributed by atoms with Gasteiger partial charge in [0, 0.05) is 6.61 Å². The lowest BCUT2D eigenvalue weighted by Gasteiger charge is -2.32. The lowest BCUT2D eigenvalue weighted by Crippen LogP contribution is -2.43. The third-order valence-corrected chi connectivity index (χ3v) is 4.41. The monoisotopic (exact) mass is 274 g/mol. The van der Waals surface area contributed by atoms with Crippen molar-refractivity contribution < 1.29 is 9.53 Å². The topological polar surface area (TPSA) is 41.6 Å². The number of aryl methyl sites for hydroxylation is 1. The SMILES string of the molecule is CCc1ccc(C2NCC(=O)N2C2CCOC2C)cc1. The summed E-state index contributed by atoms with van der Waals surface area (Å²) in [6.07, 6.45) is 2.07. The van der Waals surface area contributed by atoms with Crippen LogP contribution in [-0.4, -0.2) is 36.1 Å². The molecule has 3 atom stereocenters. The van der Waals surface area contributed by atoms with E-state index >= 15 is 0 Å². The first-order valence-corrected chi connectivity index (χ1v) is 7.45. The van der Waals surface area contributed by atoms with E-state index in [2.05, 4.69) is 43.4 Å². The van der Waals surface area contributed by atoms with Crippen molar-refractivity contribution in [3.63, 3.8) is 0 Å². The number of amides is 1. The van der Waals surface area contributed by atoms with Crippen LogP contribution in [0.25, 0.3) is 0 Å². The Labute approximate surface area is 120 Å². The van der Waals surface area contributed by atoms with Crippen LogP contribution in [0.3, 0.4) is 0 Å². The molecule has 2 aliphatic rings. The van der Waals surface area contributed by atoms with Crippen LogP contribution in [0.2, 0.25) is 0 Å². The van der Waals surface area contributed by atoms with E-state index in [0.717, 1.165) is 25.0 Å². The van der Waals surface area contributed by atoms with E-state index in [1.54, 1.807) is 0 Å². The van der Waals surface area contributed by atoms with Crippen molar-refractivity contribution in [3.05, 3.63) is 35.4 Å². The Bertz CT molecular complexity index is 486. The van der Waals surface area contributed by atoms with Crippen LogP contribution < -0.4 is 5.32 Å². The highest BCUT2D eigenvalue weighted by atomic mass is 16.5.